The van der Waals surface area contributed by atoms with Crippen LogP contribution in [0.3, 0.4) is 0 Å². The normalized spacial score (nSPS) is 11.2. The summed E-state index contributed by atoms with van der Waals surface area (Å²) in [5.41, 5.74) is 2.91. The first-order chi connectivity index (χ1) is 12.3. The van der Waals surface area contributed by atoms with Gasteiger partial charge in [0.05, 0.1) is 29.6 Å². The van der Waals surface area contributed by atoms with Gasteiger partial charge in [0.25, 0.3) is 0 Å². The van der Waals surface area contributed by atoms with Crippen LogP contribution in [0.15, 0.2) is 41.5 Å². The fraction of sp³-hybridized carbons (Fsp3) is 0.167. The van der Waals surface area contributed by atoms with Gasteiger partial charge in [-0.25, -0.2) is 0 Å². The molecule has 0 saturated carbocycles. The molecule has 2 aromatic rings. The minimum atomic E-state index is -4.38. The molecule has 2 aromatic carbocycles. The van der Waals surface area contributed by atoms with Crippen molar-refractivity contribution in [1.29, 1.82) is 0 Å². The average Bonchev–Trinajstić information content (AvgIpc) is 2.60. The molecule has 0 bridgehead atoms. The molecule has 26 heavy (non-hydrogen) atoms. The molecule has 0 amide bonds. The Balaban J connectivity index is 2.10. The van der Waals surface area contributed by atoms with Gasteiger partial charge in [-0.15, -0.1) is 6.42 Å². The third kappa shape index (κ3) is 5.07. The van der Waals surface area contributed by atoms with Gasteiger partial charge in [-0.05, 0) is 42.0 Å². The van der Waals surface area contributed by atoms with Gasteiger partial charge < -0.3 is 9.47 Å². The zero-order valence-electron chi connectivity index (χ0n) is 13.6. The number of halogens is 4. The van der Waals surface area contributed by atoms with Crippen LogP contribution in [0.25, 0.3) is 0 Å². The summed E-state index contributed by atoms with van der Waals surface area (Å²) in [4.78, 5) is 0. The number of hydrogen-bond donors (Lipinski definition) is 1. The van der Waals surface area contributed by atoms with E-state index in [1.54, 1.807) is 12.1 Å². The van der Waals surface area contributed by atoms with Crippen LogP contribution in [0.4, 0.5) is 18.9 Å². The van der Waals surface area contributed by atoms with Crippen molar-refractivity contribution < 1.29 is 22.6 Å². The zero-order valence-corrected chi connectivity index (χ0v) is 14.4. The van der Waals surface area contributed by atoms with E-state index in [9.17, 15) is 13.2 Å². The van der Waals surface area contributed by atoms with Crippen LogP contribution in [0, 0.1) is 12.3 Å². The number of rotatable bonds is 6. The lowest BCUT2D eigenvalue weighted by molar-refractivity contribution is -0.137. The molecule has 0 saturated heterocycles. The summed E-state index contributed by atoms with van der Waals surface area (Å²) in [6, 6.07) is 7.73. The van der Waals surface area contributed by atoms with Gasteiger partial charge in [0, 0.05) is 0 Å². The van der Waals surface area contributed by atoms with Gasteiger partial charge >= 0.3 is 6.18 Å². The Morgan fingerprint density at radius 3 is 2.54 bits per heavy atom. The van der Waals surface area contributed by atoms with E-state index in [2.05, 4.69) is 16.4 Å². The fourth-order valence-electron chi connectivity index (χ4n) is 1.98. The van der Waals surface area contributed by atoms with Crippen molar-refractivity contribution in [3.8, 4) is 23.8 Å². The number of hydrogen-bond acceptors (Lipinski definition) is 4. The third-order valence-corrected chi connectivity index (χ3v) is 3.45. The van der Waals surface area contributed by atoms with E-state index in [-0.39, 0.29) is 11.6 Å². The van der Waals surface area contributed by atoms with Gasteiger partial charge in [0.1, 0.15) is 6.61 Å². The first-order valence-electron chi connectivity index (χ1n) is 7.25. The van der Waals surface area contributed by atoms with Crippen molar-refractivity contribution in [3.05, 3.63) is 52.5 Å². The standard InChI is InChI=1S/C18H14ClF3N2O2/c1-3-8-26-17-15(19)9-12(10-16(17)25-2)11-23-24-14-6-4-13(5-7-14)18(20,21)22/h1,4-7,9-11,24H,8H2,2H3/b23-11+. The number of alkyl halides is 3. The van der Waals surface area contributed by atoms with Crippen molar-refractivity contribution in [2.24, 2.45) is 5.10 Å². The highest BCUT2D eigenvalue weighted by Gasteiger charge is 2.29. The van der Waals surface area contributed by atoms with E-state index < -0.39 is 11.7 Å². The lowest BCUT2D eigenvalue weighted by Gasteiger charge is -2.11. The van der Waals surface area contributed by atoms with E-state index >= 15 is 0 Å². The molecule has 0 fully saturated rings. The first kappa shape index (κ1) is 19.5. The predicted molar refractivity (Wildman–Crippen MR) is 95.0 cm³/mol. The molecular formula is C18H14ClF3N2O2. The van der Waals surface area contributed by atoms with Crippen LogP contribution in [-0.2, 0) is 6.18 Å². The molecule has 0 aliphatic carbocycles. The van der Waals surface area contributed by atoms with Gasteiger partial charge in [-0.1, -0.05) is 17.5 Å². The molecule has 4 nitrogen and oxygen atoms in total. The highest BCUT2D eigenvalue weighted by molar-refractivity contribution is 6.32. The monoisotopic (exact) mass is 382 g/mol. The number of ether oxygens (including phenoxy) is 2. The molecular weight excluding hydrogens is 369 g/mol. The summed E-state index contributed by atoms with van der Waals surface area (Å²) in [7, 11) is 1.45. The quantitative estimate of drug-likeness (QED) is 0.442. The van der Waals surface area contributed by atoms with Crippen molar-refractivity contribution in [3.63, 3.8) is 0 Å². The smallest absolute Gasteiger partial charge is 0.416 e. The van der Waals surface area contributed by atoms with E-state index in [0.29, 0.717) is 22.7 Å². The largest absolute Gasteiger partial charge is 0.493 e. The van der Waals surface area contributed by atoms with Crippen LogP contribution in [-0.4, -0.2) is 19.9 Å². The number of benzene rings is 2. The Morgan fingerprint density at radius 2 is 1.96 bits per heavy atom. The maximum atomic E-state index is 12.5. The first-order valence-corrected chi connectivity index (χ1v) is 7.63. The average molecular weight is 383 g/mol. The lowest BCUT2D eigenvalue weighted by Crippen LogP contribution is -2.04. The molecule has 0 aliphatic rings. The highest BCUT2D eigenvalue weighted by atomic mass is 35.5. The number of nitrogens with one attached hydrogen (secondary N) is 1. The number of methoxy groups -OCH3 is 1. The van der Waals surface area contributed by atoms with Crippen molar-refractivity contribution in [2.45, 2.75) is 6.18 Å². The predicted octanol–water partition coefficient (Wildman–Crippen LogP) is 4.83. The molecule has 0 radical (unpaired) electrons. The number of nitrogens with zero attached hydrogens (tertiary/aromatic N) is 1. The molecule has 0 atom stereocenters. The second-order valence-electron chi connectivity index (χ2n) is 4.97. The third-order valence-electron chi connectivity index (χ3n) is 3.17. The zero-order chi connectivity index (χ0) is 19.2. The Hall–Kier alpha value is -2.85. The van der Waals surface area contributed by atoms with Crippen molar-refractivity contribution in [2.75, 3.05) is 19.1 Å². The Kier molecular flexibility index (Phi) is 6.36. The summed E-state index contributed by atoms with van der Waals surface area (Å²) >= 11 is 6.14. The second kappa shape index (κ2) is 8.50. The van der Waals surface area contributed by atoms with E-state index in [0.717, 1.165) is 12.1 Å². The Morgan fingerprint density at radius 1 is 1.27 bits per heavy atom. The molecule has 2 rings (SSSR count). The van der Waals surface area contributed by atoms with E-state index in [1.165, 1.54) is 25.5 Å². The highest BCUT2D eigenvalue weighted by Crippen LogP contribution is 2.36. The van der Waals surface area contributed by atoms with Crippen molar-refractivity contribution >= 4 is 23.5 Å². The fourth-order valence-corrected chi connectivity index (χ4v) is 2.26. The van der Waals surface area contributed by atoms with Crippen LogP contribution in [0.2, 0.25) is 5.02 Å². The van der Waals surface area contributed by atoms with E-state index in [4.69, 9.17) is 27.5 Å². The van der Waals surface area contributed by atoms with Crippen LogP contribution in [0.1, 0.15) is 11.1 Å². The summed E-state index contributed by atoms with van der Waals surface area (Å²) in [6.45, 7) is 0.0407. The topological polar surface area (TPSA) is 42.8 Å². The molecule has 0 heterocycles. The Labute approximate surface area is 153 Å². The van der Waals surface area contributed by atoms with Crippen LogP contribution >= 0.6 is 11.6 Å². The molecule has 0 aliphatic heterocycles. The van der Waals surface area contributed by atoms with E-state index in [1.807, 2.05) is 0 Å². The summed E-state index contributed by atoms with van der Waals surface area (Å²) in [5, 5.41) is 4.26. The van der Waals surface area contributed by atoms with Crippen LogP contribution in [0.5, 0.6) is 11.5 Å². The molecule has 136 valence electrons. The van der Waals surface area contributed by atoms with Crippen LogP contribution < -0.4 is 14.9 Å². The van der Waals surface area contributed by atoms with Gasteiger partial charge in [0.2, 0.25) is 0 Å². The summed E-state index contributed by atoms with van der Waals surface area (Å²) in [6.07, 6.45) is 2.22. The maximum absolute atomic E-state index is 12.5. The van der Waals surface area contributed by atoms with Crippen molar-refractivity contribution in [1.82, 2.24) is 0 Å². The second-order valence-corrected chi connectivity index (χ2v) is 5.38. The molecule has 0 spiro atoms. The number of hydrazone groups is 1. The SMILES string of the molecule is C#CCOc1c(Cl)cc(/C=N/Nc2ccc(C(F)(F)F)cc2)cc1OC. The molecule has 8 heteroatoms. The van der Waals surface area contributed by atoms with Gasteiger partial charge in [0.15, 0.2) is 11.5 Å². The molecule has 1 N–H and O–H groups in total. The maximum Gasteiger partial charge on any atom is 0.416 e. The summed E-state index contributed by atoms with van der Waals surface area (Å²) < 4.78 is 48.1. The van der Waals surface area contributed by atoms with Gasteiger partial charge in [-0.3, -0.25) is 5.43 Å². The lowest BCUT2D eigenvalue weighted by atomic mass is 10.2. The minimum Gasteiger partial charge on any atom is -0.493 e. The molecule has 0 unspecified atom stereocenters. The summed E-state index contributed by atoms with van der Waals surface area (Å²) in [5.74, 6) is 3.03. The number of terminal acetylenes is 1. The number of anilines is 1. The Bertz CT molecular complexity index is 828. The minimum absolute atomic E-state index is 0.0407. The van der Waals surface area contributed by atoms with Gasteiger partial charge in [-0.2, -0.15) is 18.3 Å². The molecule has 0 aromatic heterocycles.